The van der Waals surface area contributed by atoms with Gasteiger partial charge < -0.3 is 33.6 Å². The van der Waals surface area contributed by atoms with Crippen LogP contribution in [0.5, 0.6) is 28.7 Å². The molecule has 0 saturated heterocycles. The topological polar surface area (TPSA) is 86.6 Å². The van der Waals surface area contributed by atoms with Gasteiger partial charge in [-0.2, -0.15) is 0 Å². The molecule has 1 heterocycles. The Morgan fingerprint density at radius 1 is 0.614 bits per heavy atom. The number of rotatable bonds is 14. The number of hydrogen-bond acceptors (Lipinski definition) is 7. The van der Waals surface area contributed by atoms with Crippen molar-refractivity contribution in [3.05, 3.63) is 185 Å². The van der Waals surface area contributed by atoms with Crippen molar-refractivity contribution in [2.75, 3.05) is 0 Å². The van der Waals surface area contributed by atoms with E-state index in [1.165, 1.54) is 6.07 Å². The van der Waals surface area contributed by atoms with E-state index in [-0.39, 0.29) is 23.1 Å². The zero-order valence-electron chi connectivity index (χ0n) is 33.4. The monoisotopic (exact) mass is 780 g/mol. The van der Waals surface area contributed by atoms with Crippen molar-refractivity contribution in [2.45, 2.75) is 83.0 Å². The molecule has 1 unspecified atom stereocenters. The number of ether oxygens (including phenoxy) is 4. The van der Waals surface area contributed by atoms with Crippen LogP contribution in [0.2, 0.25) is 18.1 Å². The number of phenolic OH excluding ortho intramolecular Hbond substituents is 2. The van der Waals surface area contributed by atoms with Gasteiger partial charge in [0.15, 0.2) is 25.9 Å². The molecule has 3 atom stereocenters. The minimum absolute atomic E-state index is 0.204. The molecule has 57 heavy (non-hydrogen) atoms. The van der Waals surface area contributed by atoms with Crippen LogP contribution in [0.3, 0.4) is 0 Å². The molecule has 0 fully saturated rings. The molecular formula is C49H52O7Si. The van der Waals surface area contributed by atoms with Crippen molar-refractivity contribution in [2.24, 2.45) is 0 Å². The highest BCUT2D eigenvalue weighted by atomic mass is 28.4. The molecular weight excluding hydrogens is 729 g/mol. The zero-order chi connectivity index (χ0) is 40.0. The summed E-state index contributed by atoms with van der Waals surface area (Å²) in [6.45, 7) is 12.1. The van der Waals surface area contributed by atoms with Crippen LogP contribution in [0.25, 0.3) is 0 Å². The second-order valence-electron chi connectivity index (χ2n) is 16.3. The fourth-order valence-electron chi connectivity index (χ4n) is 7.12. The fraction of sp³-hybridized carbons (Fsp3) is 0.265. The Morgan fingerprint density at radius 3 is 1.68 bits per heavy atom. The van der Waals surface area contributed by atoms with E-state index in [0.29, 0.717) is 48.0 Å². The average molecular weight is 781 g/mol. The van der Waals surface area contributed by atoms with Crippen LogP contribution in [-0.2, 0) is 35.4 Å². The van der Waals surface area contributed by atoms with E-state index in [4.69, 9.17) is 23.4 Å². The number of aromatic hydroxyl groups is 2. The van der Waals surface area contributed by atoms with Crippen LogP contribution in [0, 0.1) is 0 Å². The lowest BCUT2D eigenvalue weighted by Crippen LogP contribution is -2.59. The summed E-state index contributed by atoms with van der Waals surface area (Å²) in [6, 6.07) is 49.1. The van der Waals surface area contributed by atoms with Gasteiger partial charge in [-0.15, -0.1) is 0 Å². The third kappa shape index (κ3) is 9.04. The standard InChI is InChI=1S/C49H52O7Si/c1-48(2,3)57(4,5)56-49(31-35-18-10-6-11-19-35)46(39-26-27-41(50)42(51)28-39)55-44-30-40(52-32-36-20-12-7-13-21-36)29-43(53-33-37-22-14-8-15-23-37)45(44)47(49)54-34-38-24-16-9-17-25-38/h6-30,46-47,50-51H,31-34H2,1-5H3/t46-,47?,49+/m1/s1. The number of phenols is 2. The first-order chi connectivity index (χ1) is 27.4. The molecule has 7 rings (SSSR count). The molecule has 2 N–H and O–H groups in total. The first-order valence-electron chi connectivity index (χ1n) is 19.5. The Bertz CT molecular complexity index is 2220. The van der Waals surface area contributed by atoms with Crippen LogP contribution >= 0.6 is 0 Å². The van der Waals surface area contributed by atoms with Gasteiger partial charge in [0.05, 0.1) is 12.2 Å². The van der Waals surface area contributed by atoms with E-state index in [1.807, 2.05) is 109 Å². The predicted molar refractivity (Wildman–Crippen MR) is 226 cm³/mol. The third-order valence-electron chi connectivity index (χ3n) is 11.1. The van der Waals surface area contributed by atoms with Gasteiger partial charge in [0.1, 0.15) is 42.2 Å². The van der Waals surface area contributed by atoms with Crippen LogP contribution < -0.4 is 14.2 Å². The Labute approximate surface area is 337 Å². The van der Waals surface area contributed by atoms with Gasteiger partial charge in [0, 0.05) is 18.6 Å². The molecule has 0 aromatic heterocycles. The molecule has 0 bridgehead atoms. The van der Waals surface area contributed by atoms with E-state index < -0.39 is 26.1 Å². The summed E-state index contributed by atoms with van der Waals surface area (Å²) in [6.07, 6.45) is -1.18. The summed E-state index contributed by atoms with van der Waals surface area (Å²) >= 11 is 0. The van der Waals surface area contributed by atoms with E-state index >= 15 is 0 Å². The highest BCUT2D eigenvalue weighted by molar-refractivity contribution is 6.74. The van der Waals surface area contributed by atoms with Crippen molar-refractivity contribution in [3.63, 3.8) is 0 Å². The van der Waals surface area contributed by atoms with Crippen LogP contribution in [0.1, 0.15) is 66.4 Å². The molecule has 6 aromatic carbocycles. The van der Waals surface area contributed by atoms with Gasteiger partial charge in [0.25, 0.3) is 0 Å². The number of hydrogen-bond donors (Lipinski definition) is 2. The Morgan fingerprint density at radius 2 is 1.14 bits per heavy atom. The van der Waals surface area contributed by atoms with Crippen molar-refractivity contribution in [1.82, 2.24) is 0 Å². The van der Waals surface area contributed by atoms with Crippen molar-refractivity contribution >= 4 is 8.32 Å². The van der Waals surface area contributed by atoms with Gasteiger partial charge in [-0.25, -0.2) is 0 Å². The van der Waals surface area contributed by atoms with Crippen molar-refractivity contribution in [3.8, 4) is 28.7 Å². The molecule has 0 amide bonds. The highest BCUT2D eigenvalue weighted by Crippen LogP contribution is 2.59. The molecule has 294 valence electrons. The summed E-state index contributed by atoms with van der Waals surface area (Å²) in [7, 11) is -2.68. The van der Waals surface area contributed by atoms with Gasteiger partial charge in [-0.1, -0.05) is 148 Å². The summed E-state index contributed by atoms with van der Waals surface area (Å²) in [5.74, 6) is 1.16. The molecule has 8 heteroatoms. The van der Waals surface area contributed by atoms with E-state index in [2.05, 4.69) is 58.1 Å². The molecule has 6 aromatic rings. The molecule has 1 aliphatic rings. The lowest BCUT2D eigenvalue weighted by Gasteiger charge is -2.54. The lowest BCUT2D eigenvalue weighted by molar-refractivity contribution is -0.173. The lowest BCUT2D eigenvalue weighted by atomic mass is 9.75. The minimum atomic E-state index is -2.68. The maximum Gasteiger partial charge on any atom is 0.193 e. The summed E-state index contributed by atoms with van der Waals surface area (Å²) in [5.41, 5.74) is 4.18. The third-order valence-corrected chi connectivity index (χ3v) is 15.6. The maximum absolute atomic E-state index is 11.0. The normalized spacial score (nSPS) is 18.0. The zero-order valence-corrected chi connectivity index (χ0v) is 34.4. The maximum atomic E-state index is 11.0. The number of benzene rings is 6. The Balaban J connectivity index is 1.48. The molecule has 7 nitrogen and oxygen atoms in total. The molecule has 0 spiro atoms. The smallest absolute Gasteiger partial charge is 0.193 e. The van der Waals surface area contributed by atoms with Crippen LogP contribution in [-0.4, -0.2) is 24.1 Å². The fourth-order valence-corrected chi connectivity index (χ4v) is 8.67. The molecule has 1 aliphatic heterocycles. The van der Waals surface area contributed by atoms with Crippen LogP contribution in [0.15, 0.2) is 152 Å². The first kappa shape index (κ1) is 39.7. The van der Waals surface area contributed by atoms with Gasteiger partial charge >= 0.3 is 0 Å². The van der Waals surface area contributed by atoms with E-state index in [9.17, 15) is 10.2 Å². The minimum Gasteiger partial charge on any atom is -0.504 e. The second-order valence-corrected chi connectivity index (χ2v) is 21.0. The molecule has 0 aliphatic carbocycles. The van der Waals surface area contributed by atoms with Gasteiger partial charge in [-0.05, 0) is 58.1 Å². The summed E-state index contributed by atoms with van der Waals surface area (Å²) in [5, 5.41) is 21.3. The van der Waals surface area contributed by atoms with Crippen LogP contribution in [0.4, 0.5) is 0 Å². The SMILES string of the molecule is CC(C)(C)[Si](C)(C)O[C@]1(Cc2ccccc2)C(OCc2ccccc2)c2c(OCc3ccccc3)cc(OCc3ccccc3)cc2O[C@@H]1c1ccc(O)c(O)c1. The van der Waals surface area contributed by atoms with Gasteiger partial charge in [-0.3, -0.25) is 0 Å². The average Bonchev–Trinajstić information content (AvgIpc) is 3.20. The highest BCUT2D eigenvalue weighted by Gasteiger charge is 2.59. The summed E-state index contributed by atoms with van der Waals surface area (Å²) < 4.78 is 35.7. The van der Waals surface area contributed by atoms with E-state index in [0.717, 1.165) is 22.3 Å². The first-order valence-corrected chi connectivity index (χ1v) is 22.4. The molecule has 0 radical (unpaired) electrons. The van der Waals surface area contributed by atoms with Gasteiger partial charge in [0.2, 0.25) is 0 Å². The largest absolute Gasteiger partial charge is 0.504 e. The Kier molecular flexibility index (Phi) is 11.8. The van der Waals surface area contributed by atoms with E-state index in [1.54, 1.807) is 12.1 Å². The molecule has 0 saturated carbocycles. The van der Waals surface area contributed by atoms with Crippen molar-refractivity contribution < 1.29 is 33.6 Å². The number of fused-ring (bicyclic) bond motifs is 1. The quantitative estimate of drug-likeness (QED) is 0.0841. The summed E-state index contributed by atoms with van der Waals surface area (Å²) in [4.78, 5) is 0. The Hall–Kier alpha value is -5.54. The predicted octanol–water partition coefficient (Wildman–Crippen LogP) is 11.7. The second kappa shape index (κ2) is 16.9. The van der Waals surface area contributed by atoms with Crippen molar-refractivity contribution in [1.29, 1.82) is 0 Å².